The van der Waals surface area contributed by atoms with Crippen LogP contribution >= 0.6 is 0 Å². The number of hydrogen-bond donors (Lipinski definition) is 0. The second-order valence-electron chi connectivity index (χ2n) is 4.60. The quantitative estimate of drug-likeness (QED) is 0.597. The van der Waals surface area contributed by atoms with E-state index >= 15 is 0 Å². The van der Waals surface area contributed by atoms with Crippen LogP contribution in [0.3, 0.4) is 0 Å². The van der Waals surface area contributed by atoms with Gasteiger partial charge in [0.25, 0.3) is 0 Å². The van der Waals surface area contributed by atoms with E-state index in [4.69, 9.17) is 14.2 Å². The molecule has 2 aliphatic heterocycles. The van der Waals surface area contributed by atoms with Gasteiger partial charge in [0, 0.05) is 0 Å². The van der Waals surface area contributed by atoms with Gasteiger partial charge >= 0.3 is 0 Å². The van der Waals surface area contributed by atoms with Crippen LogP contribution in [0, 0.1) is 11.8 Å². The van der Waals surface area contributed by atoms with Gasteiger partial charge in [0.1, 0.15) is 6.10 Å². The van der Waals surface area contributed by atoms with E-state index in [1.165, 1.54) is 0 Å². The van der Waals surface area contributed by atoms with Crippen molar-refractivity contribution in [1.82, 2.24) is 0 Å². The van der Waals surface area contributed by atoms with Crippen molar-refractivity contribution in [2.75, 3.05) is 6.61 Å². The molecule has 2 fully saturated rings. The maximum Gasteiger partial charge on any atom is 0.155 e. The summed E-state index contributed by atoms with van der Waals surface area (Å²) >= 11 is 0. The summed E-state index contributed by atoms with van der Waals surface area (Å²) in [6.07, 6.45) is 0.576. The highest BCUT2D eigenvalue weighted by Crippen LogP contribution is 2.35. The van der Waals surface area contributed by atoms with Crippen LogP contribution in [0.15, 0.2) is 0 Å². The molecule has 0 N–H and O–H groups in total. The molecule has 0 aliphatic carbocycles. The maximum atomic E-state index is 5.87. The first kappa shape index (κ1) is 10.4. The van der Waals surface area contributed by atoms with E-state index in [0.29, 0.717) is 24.5 Å². The average Bonchev–Trinajstić information content (AvgIpc) is 2.16. The molecular weight excluding hydrogens is 180 g/mol. The summed E-state index contributed by atoms with van der Waals surface area (Å²) in [5.74, 6) is 1.11. The van der Waals surface area contributed by atoms with Crippen molar-refractivity contribution in [3.05, 3.63) is 0 Å². The molecule has 0 spiro atoms. The Kier molecular flexibility index (Phi) is 2.82. The molecule has 3 unspecified atom stereocenters. The van der Waals surface area contributed by atoms with E-state index in [2.05, 4.69) is 20.8 Å². The Bertz CT molecular complexity index is 205. The molecule has 3 heteroatoms. The van der Waals surface area contributed by atoms with Gasteiger partial charge in [-0.3, -0.25) is 0 Å². The summed E-state index contributed by atoms with van der Waals surface area (Å²) in [4.78, 5) is 0. The Labute approximate surface area is 85.7 Å². The van der Waals surface area contributed by atoms with E-state index in [1.54, 1.807) is 0 Å². The van der Waals surface area contributed by atoms with Gasteiger partial charge in [0.05, 0.1) is 18.8 Å². The predicted octanol–water partition coefficient (Wildman–Crippen LogP) is 1.81. The molecule has 0 radical (unpaired) electrons. The lowest BCUT2D eigenvalue weighted by molar-refractivity contribution is -0.298. The molecule has 0 saturated carbocycles. The largest absolute Gasteiger partial charge is 0.370 e. The lowest BCUT2D eigenvalue weighted by Crippen LogP contribution is -2.55. The molecule has 0 bridgehead atoms. The van der Waals surface area contributed by atoms with Gasteiger partial charge in [-0.25, -0.2) is 0 Å². The van der Waals surface area contributed by atoms with E-state index in [9.17, 15) is 0 Å². The van der Waals surface area contributed by atoms with Crippen LogP contribution in [0.1, 0.15) is 27.7 Å². The van der Waals surface area contributed by atoms with Gasteiger partial charge < -0.3 is 14.2 Å². The molecule has 2 heterocycles. The van der Waals surface area contributed by atoms with Crippen LogP contribution in [-0.2, 0) is 14.2 Å². The molecule has 82 valence electrons. The zero-order valence-corrected chi connectivity index (χ0v) is 9.40. The van der Waals surface area contributed by atoms with Gasteiger partial charge in [0.2, 0.25) is 0 Å². The molecule has 0 aromatic rings. The van der Waals surface area contributed by atoms with Crippen molar-refractivity contribution in [2.45, 2.75) is 52.3 Å². The van der Waals surface area contributed by atoms with Crippen LogP contribution in [0.4, 0.5) is 0 Å². The Hall–Kier alpha value is -0.120. The summed E-state index contributed by atoms with van der Waals surface area (Å²) in [5.41, 5.74) is 0. The van der Waals surface area contributed by atoms with E-state index < -0.39 is 0 Å². The first-order chi connectivity index (χ1) is 6.59. The number of ether oxygens (including phenoxy) is 3. The topological polar surface area (TPSA) is 27.7 Å². The Balaban J connectivity index is 2.08. The molecule has 2 saturated heterocycles. The number of hydrogen-bond acceptors (Lipinski definition) is 3. The van der Waals surface area contributed by atoms with Crippen molar-refractivity contribution in [2.24, 2.45) is 11.8 Å². The third kappa shape index (κ3) is 1.69. The molecule has 0 aromatic heterocycles. The van der Waals surface area contributed by atoms with Crippen molar-refractivity contribution in [1.29, 1.82) is 0 Å². The van der Waals surface area contributed by atoms with E-state index in [0.717, 1.165) is 0 Å². The Morgan fingerprint density at radius 1 is 0.929 bits per heavy atom. The van der Waals surface area contributed by atoms with Gasteiger partial charge in [-0.2, -0.15) is 0 Å². The molecule has 6 atom stereocenters. The molecule has 0 aromatic carbocycles. The second-order valence-corrected chi connectivity index (χ2v) is 4.60. The highest BCUT2D eigenvalue weighted by Gasteiger charge is 2.43. The summed E-state index contributed by atoms with van der Waals surface area (Å²) in [6.45, 7) is 9.24. The average molecular weight is 200 g/mol. The zero-order chi connectivity index (χ0) is 10.3. The summed E-state index contributed by atoms with van der Waals surface area (Å²) in [7, 11) is 0. The fourth-order valence-corrected chi connectivity index (χ4v) is 2.38. The lowest BCUT2D eigenvalue weighted by Gasteiger charge is -2.47. The fourth-order valence-electron chi connectivity index (χ4n) is 2.38. The molecule has 2 rings (SSSR count). The minimum atomic E-state index is -0.0806. The SMILES string of the molecule is CC1OCC2O[C@@H](C)C(C)[C@@H](C)[C@H]2O1. The zero-order valence-electron chi connectivity index (χ0n) is 9.40. The monoisotopic (exact) mass is 200 g/mol. The first-order valence-electron chi connectivity index (χ1n) is 5.52. The highest BCUT2D eigenvalue weighted by molar-refractivity contribution is 4.89. The van der Waals surface area contributed by atoms with Gasteiger partial charge in [-0.15, -0.1) is 0 Å². The molecule has 2 aliphatic rings. The van der Waals surface area contributed by atoms with Crippen molar-refractivity contribution in [3.63, 3.8) is 0 Å². The summed E-state index contributed by atoms with van der Waals surface area (Å²) in [6, 6.07) is 0. The van der Waals surface area contributed by atoms with Gasteiger partial charge in [-0.1, -0.05) is 13.8 Å². The first-order valence-corrected chi connectivity index (χ1v) is 5.52. The fraction of sp³-hybridized carbons (Fsp3) is 1.00. The van der Waals surface area contributed by atoms with Crippen molar-refractivity contribution in [3.8, 4) is 0 Å². The molecule has 14 heavy (non-hydrogen) atoms. The standard InChI is InChI=1S/C11H20O3/c1-6-7(2)11-10(13-8(6)3)5-12-9(4)14-11/h6-11H,5H2,1-4H3/t6?,7-,8+,9?,10?,11-/m1/s1. The van der Waals surface area contributed by atoms with Crippen molar-refractivity contribution >= 4 is 0 Å². The highest BCUT2D eigenvalue weighted by atomic mass is 16.7. The predicted molar refractivity (Wildman–Crippen MR) is 53.0 cm³/mol. The van der Waals surface area contributed by atoms with Crippen LogP contribution in [-0.4, -0.2) is 31.2 Å². The van der Waals surface area contributed by atoms with E-state index in [1.807, 2.05) is 6.92 Å². The minimum absolute atomic E-state index is 0.0806. The third-order valence-electron chi connectivity index (χ3n) is 3.69. The normalized spacial score (nSPS) is 54.0. The summed E-state index contributed by atoms with van der Waals surface area (Å²) in [5, 5.41) is 0. The van der Waals surface area contributed by atoms with E-state index in [-0.39, 0.29) is 18.5 Å². The molecular formula is C11H20O3. The summed E-state index contributed by atoms with van der Waals surface area (Å²) < 4.78 is 17.1. The smallest absolute Gasteiger partial charge is 0.155 e. The molecule has 0 amide bonds. The lowest BCUT2D eigenvalue weighted by atomic mass is 9.81. The third-order valence-corrected chi connectivity index (χ3v) is 3.69. The van der Waals surface area contributed by atoms with Crippen LogP contribution < -0.4 is 0 Å². The van der Waals surface area contributed by atoms with Gasteiger partial charge in [0.15, 0.2) is 6.29 Å². The maximum absolute atomic E-state index is 5.87. The van der Waals surface area contributed by atoms with Crippen LogP contribution in [0.2, 0.25) is 0 Å². The van der Waals surface area contributed by atoms with Gasteiger partial charge in [-0.05, 0) is 25.7 Å². The Morgan fingerprint density at radius 2 is 1.64 bits per heavy atom. The van der Waals surface area contributed by atoms with Crippen molar-refractivity contribution < 1.29 is 14.2 Å². The second kappa shape index (κ2) is 3.80. The number of fused-ring (bicyclic) bond motifs is 1. The number of rotatable bonds is 0. The minimum Gasteiger partial charge on any atom is -0.370 e. The van der Waals surface area contributed by atoms with Crippen LogP contribution in [0.5, 0.6) is 0 Å². The molecule has 3 nitrogen and oxygen atoms in total. The van der Waals surface area contributed by atoms with Crippen LogP contribution in [0.25, 0.3) is 0 Å². The Morgan fingerprint density at radius 3 is 2.36 bits per heavy atom.